The molecular weight excluding hydrogens is 396 g/mol. The zero-order chi connectivity index (χ0) is 20.4. The minimum absolute atomic E-state index is 0.104. The summed E-state index contributed by atoms with van der Waals surface area (Å²) in [4.78, 5) is 29.8. The number of amides is 1. The van der Waals surface area contributed by atoms with Gasteiger partial charge in [-0.15, -0.1) is 0 Å². The van der Waals surface area contributed by atoms with Crippen LogP contribution in [0.3, 0.4) is 0 Å². The molecule has 0 aliphatic carbocycles. The first-order valence-electron chi connectivity index (χ1n) is 8.90. The van der Waals surface area contributed by atoms with Gasteiger partial charge < -0.3 is 15.2 Å². The van der Waals surface area contributed by atoms with Crippen molar-refractivity contribution < 1.29 is 14.6 Å². The first-order valence-corrected chi connectivity index (χ1v) is 9.28. The smallest absolute Gasteiger partial charge is 0.284 e. The Bertz CT molecular complexity index is 1090. The van der Waals surface area contributed by atoms with Gasteiger partial charge in [-0.05, 0) is 30.3 Å². The summed E-state index contributed by atoms with van der Waals surface area (Å²) in [7, 11) is 0. The minimum Gasteiger partial charge on any atom is -0.388 e. The summed E-state index contributed by atoms with van der Waals surface area (Å²) in [5.74, 6) is -0.611. The average Bonchev–Trinajstić information content (AvgIpc) is 3.14. The third kappa shape index (κ3) is 4.04. The van der Waals surface area contributed by atoms with Crippen molar-refractivity contribution in [2.75, 3.05) is 13.2 Å². The van der Waals surface area contributed by atoms with E-state index in [-0.39, 0.29) is 18.8 Å². The molecular formula is C20H17ClN4O4. The molecule has 4 rings (SSSR count). The number of halogens is 1. The van der Waals surface area contributed by atoms with Crippen LogP contribution in [-0.2, 0) is 4.74 Å². The number of nitrogens with zero attached hydrogens (tertiary/aromatic N) is 3. The van der Waals surface area contributed by atoms with Gasteiger partial charge in [0.1, 0.15) is 5.56 Å². The van der Waals surface area contributed by atoms with Crippen molar-refractivity contribution >= 4 is 17.5 Å². The van der Waals surface area contributed by atoms with Crippen LogP contribution >= 0.6 is 11.6 Å². The summed E-state index contributed by atoms with van der Waals surface area (Å²) in [6, 6.07) is 11.1. The highest BCUT2D eigenvalue weighted by Gasteiger charge is 2.29. The highest BCUT2D eigenvalue weighted by molar-refractivity contribution is 6.30. The van der Waals surface area contributed by atoms with E-state index in [0.29, 0.717) is 22.0 Å². The lowest BCUT2D eigenvalue weighted by Crippen LogP contribution is -2.44. The molecule has 1 saturated heterocycles. The van der Waals surface area contributed by atoms with Crippen molar-refractivity contribution in [3.63, 3.8) is 0 Å². The molecule has 2 aromatic heterocycles. The molecule has 3 heterocycles. The molecule has 0 radical (unpaired) electrons. The molecule has 1 aromatic carbocycles. The van der Waals surface area contributed by atoms with Crippen molar-refractivity contribution in [1.29, 1.82) is 0 Å². The van der Waals surface area contributed by atoms with Gasteiger partial charge in [0.25, 0.3) is 11.5 Å². The van der Waals surface area contributed by atoms with Gasteiger partial charge in [-0.1, -0.05) is 23.7 Å². The lowest BCUT2D eigenvalue weighted by Gasteiger charge is -2.15. The lowest BCUT2D eigenvalue weighted by molar-refractivity contribution is 0.0884. The Morgan fingerprint density at radius 1 is 1.24 bits per heavy atom. The Kier molecular flexibility index (Phi) is 5.39. The lowest BCUT2D eigenvalue weighted by atomic mass is 10.1. The van der Waals surface area contributed by atoms with Gasteiger partial charge in [-0.25, -0.2) is 0 Å². The fourth-order valence-corrected chi connectivity index (χ4v) is 3.13. The molecule has 0 spiro atoms. The summed E-state index contributed by atoms with van der Waals surface area (Å²) >= 11 is 5.96. The number of pyridine rings is 1. The van der Waals surface area contributed by atoms with Gasteiger partial charge >= 0.3 is 0 Å². The van der Waals surface area contributed by atoms with Crippen LogP contribution in [0.25, 0.3) is 16.9 Å². The largest absolute Gasteiger partial charge is 0.388 e. The van der Waals surface area contributed by atoms with Gasteiger partial charge in [0.15, 0.2) is 0 Å². The van der Waals surface area contributed by atoms with E-state index < -0.39 is 23.6 Å². The van der Waals surface area contributed by atoms with Gasteiger partial charge in [0.05, 0.1) is 42.9 Å². The predicted octanol–water partition coefficient (Wildman–Crippen LogP) is 1.44. The molecule has 2 atom stereocenters. The van der Waals surface area contributed by atoms with E-state index >= 15 is 0 Å². The van der Waals surface area contributed by atoms with Crippen molar-refractivity contribution in [3.8, 4) is 16.9 Å². The number of benzene rings is 1. The normalized spacial score (nSPS) is 18.6. The molecule has 3 aromatic rings. The highest BCUT2D eigenvalue weighted by Crippen LogP contribution is 2.20. The number of nitrogens with one attached hydrogen (secondary N) is 1. The van der Waals surface area contributed by atoms with Gasteiger partial charge in [-0.3, -0.25) is 14.6 Å². The second-order valence-corrected chi connectivity index (χ2v) is 7.00. The van der Waals surface area contributed by atoms with E-state index in [1.807, 2.05) is 0 Å². The first kappa shape index (κ1) is 19.3. The van der Waals surface area contributed by atoms with E-state index in [2.05, 4.69) is 15.4 Å². The Morgan fingerprint density at radius 3 is 2.69 bits per heavy atom. The molecule has 1 aliphatic heterocycles. The zero-order valence-electron chi connectivity index (χ0n) is 15.2. The molecule has 9 heteroatoms. The maximum atomic E-state index is 13.0. The summed E-state index contributed by atoms with van der Waals surface area (Å²) in [6.45, 7) is 0.316. The van der Waals surface area contributed by atoms with E-state index in [4.69, 9.17) is 16.3 Å². The summed E-state index contributed by atoms with van der Waals surface area (Å²) in [5, 5.41) is 17.5. The van der Waals surface area contributed by atoms with Crippen molar-refractivity contribution in [3.05, 3.63) is 75.8 Å². The number of carbonyl (C=O) groups excluding carboxylic acids is 1. The molecule has 1 fully saturated rings. The molecule has 2 unspecified atom stereocenters. The first-order chi connectivity index (χ1) is 14.0. The SMILES string of the molecule is O=C(NC1COCC1O)c1cc(-c2ccc(Cl)cc2)nn(-c2cccnc2)c1=O. The maximum Gasteiger partial charge on any atom is 0.284 e. The van der Waals surface area contributed by atoms with E-state index in [0.717, 1.165) is 4.68 Å². The number of hydrogen-bond acceptors (Lipinski definition) is 6. The molecule has 148 valence electrons. The summed E-state index contributed by atoms with van der Waals surface area (Å²) < 4.78 is 6.28. The molecule has 1 amide bonds. The van der Waals surface area contributed by atoms with E-state index in [1.165, 1.54) is 12.3 Å². The third-order valence-corrected chi connectivity index (χ3v) is 4.81. The fraction of sp³-hybridized carbons (Fsp3) is 0.200. The molecule has 1 aliphatic rings. The quantitative estimate of drug-likeness (QED) is 0.671. The second-order valence-electron chi connectivity index (χ2n) is 6.56. The van der Waals surface area contributed by atoms with Crippen LogP contribution < -0.4 is 10.9 Å². The van der Waals surface area contributed by atoms with E-state index in [1.54, 1.807) is 42.6 Å². The van der Waals surface area contributed by atoms with Gasteiger partial charge in [0.2, 0.25) is 0 Å². The number of rotatable bonds is 4. The third-order valence-electron chi connectivity index (χ3n) is 4.55. The van der Waals surface area contributed by atoms with E-state index in [9.17, 15) is 14.7 Å². The van der Waals surface area contributed by atoms with Crippen molar-refractivity contribution in [2.24, 2.45) is 0 Å². The number of aliphatic hydroxyl groups excluding tert-OH is 1. The number of carbonyl (C=O) groups is 1. The number of hydrogen-bond donors (Lipinski definition) is 2. The Balaban J connectivity index is 1.81. The highest BCUT2D eigenvalue weighted by atomic mass is 35.5. The Morgan fingerprint density at radius 2 is 2.03 bits per heavy atom. The fourth-order valence-electron chi connectivity index (χ4n) is 3.00. The van der Waals surface area contributed by atoms with Crippen LogP contribution in [0, 0.1) is 0 Å². The molecule has 0 saturated carbocycles. The zero-order valence-corrected chi connectivity index (χ0v) is 15.9. The number of aliphatic hydroxyl groups is 1. The second kappa shape index (κ2) is 8.12. The molecule has 8 nitrogen and oxygen atoms in total. The summed E-state index contributed by atoms with van der Waals surface area (Å²) in [5.41, 5.74) is 0.824. The Labute approximate surface area is 170 Å². The van der Waals surface area contributed by atoms with Gasteiger partial charge in [0, 0.05) is 16.8 Å². The molecule has 29 heavy (non-hydrogen) atoms. The van der Waals surface area contributed by atoms with Crippen LogP contribution in [0.1, 0.15) is 10.4 Å². The minimum atomic E-state index is -0.822. The number of ether oxygens (including phenoxy) is 1. The van der Waals surface area contributed by atoms with Crippen LogP contribution in [0.4, 0.5) is 0 Å². The molecule has 2 N–H and O–H groups in total. The maximum absolute atomic E-state index is 13.0. The average molecular weight is 413 g/mol. The monoisotopic (exact) mass is 412 g/mol. The predicted molar refractivity (Wildman–Crippen MR) is 106 cm³/mol. The van der Waals surface area contributed by atoms with Gasteiger partial charge in [-0.2, -0.15) is 9.78 Å². The van der Waals surface area contributed by atoms with Crippen LogP contribution in [0.5, 0.6) is 0 Å². The molecule has 0 bridgehead atoms. The van der Waals surface area contributed by atoms with Crippen molar-refractivity contribution in [1.82, 2.24) is 20.1 Å². The van der Waals surface area contributed by atoms with Crippen LogP contribution in [0.15, 0.2) is 59.7 Å². The Hall–Kier alpha value is -3.07. The standard InChI is InChI=1S/C20H17ClN4O4/c21-13-5-3-12(4-6-13)16-8-15(19(27)23-17-10-29-11-18(17)26)20(28)25(24-16)14-2-1-7-22-9-14/h1-9,17-18,26H,10-11H2,(H,23,27). The van der Waals surface area contributed by atoms with Crippen LogP contribution in [0.2, 0.25) is 5.02 Å². The topological polar surface area (TPSA) is 106 Å². The number of aromatic nitrogens is 3. The summed E-state index contributed by atoms with van der Waals surface area (Å²) in [6.07, 6.45) is 2.24. The van der Waals surface area contributed by atoms with Crippen molar-refractivity contribution in [2.45, 2.75) is 12.1 Å². The van der Waals surface area contributed by atoms with Crippen LogP contribution in [-0.4, -0.2) is 51.1 Å².